The number of carbonyl (C=O) groups is 1. The molecule has 0 aromatic heterocycles. The first-order valence-electron chi connectivity index (χ1n) is 19.0. The molecule has 3 aromatic rings. The molecule has 0 amide bonds. The Labute approximate surface area is 309 Å². The van der Waals surface area contributed by atoms with Crippen LogP contribution in [0.15, 0.2) is 102 Å². The van der Waals surface area contributed by atoms with E-state index in [1.807, 2.05) is 38.5 Å². The maximum Gasteiger partial charge on any atom is 0.208 e. The molecule has 0 saturated heterocycles. The maximum atomic E-state index is 13.7. The van der Waals surface area contributed by atoms with E-state index in [1.54, 1.807) is 0 Å². The smallest absolute Gasteiger partial charge is 0.208 e. The van der Waals surface area contributed by atoms with Gasteiger partial charge in [0, 0.05) is 66.9 Å². The summed E-state index contributed by atoms with van der Waals surface area (Å²) in [4.78, 5) is 16.1. The van der Waals surface area contributed by atoms with Crippen LogP contribution in [0.5, 0.6) is 0 Å². The highest BCUT2D eigenvalue weighted by Crippen LogP contribution is 2.41. The second-order valence-corrected chi connectivity index (χ2v) is 15.1. The lowest BCUT2D eigenvalue weighted by molar-refractivity contribution is -0.502. The average Bonchev–Trinajstić information content (AvgIpc) is 3.15. The zero-order chi connectivity index (χ0) is 36.5. The van der Waals surface area contributed by atoms with Crippen molar-refractivity contribution in [3.05, 3.63) is 130 Å². The molecule has 4 unspecified atom stereocenters. The van der Waals surface area contributed by atoms with E-state index in [4.69, 9.17) is 9.47 Å². The summed E-state index contributed by atoms with van der Waals surface area (Å²) in [5, 5.41) is 13.7. The van der Waals surface area contributed by atoms with E-state index in [0.29, 0.717) is 11.1 Å². The van der Waals surface area contributed by atoms with Gasteiger partial charge in [-0.25, -0.2) is 0 Å². The van der Waals surface area contributed by atoms with Crippen LogP contribution in [0.1, 0.15) is 79.2 Å². The molecule has 3 aromatic carbocycles. The standard InChI is InChI=1S/C46H52N2O4/c1-29-15-25-37(31(3)27-29)47(39-11-7-9-13-41(39)51-5)35-21-17-33(18-22-35)43-45(49)44(46(43)50)34-19-23-36(24-20-34)48(38-26-16-30(2)28-32(38)4)40-12-8-10-14-42(40)52-6/h15-28,39-42H,7-14H2,1-6H3. The van der Waals surface area contributed by atoms with Gasteiger partial charge in [0.2, 0.25) is 11.4 Å². The van der Waals surface area contributed by atoms with Gasteiger partial charge in [0.1, 0.15) is 6.10 Å². The Morgan fingerprint density at radius 1 is 0.692 bits per heavy atom. The van der Waals surface area contributed by atoms with Crippen LogP contribution in [0.2, 0.25) is 0 Å². The van der Waals surface area contributed by atoms with Crippen LogP contribution in [-0.4, -0.2) is 54.6 Å². The number of rotatable bonds is 8. The lowest BCUT2D eigenvalue weighted by Crippen LogP contribution is -2.44. The Balaban J connectivity index is 1.20. The molecule has 2 fully saturated rings. The second kappa shape index (κ2) is 15.2. The first-order valence-corrected chi connectivity index (χ1v) is 19.0. The predicted octanol–water partition coefficient (Wildman–Crippen LogP) is 8.84. The summed E-state index contributed by atoms with van der Waals surface area (Å²) in [5.74, 6) is -0.386. The molecule has 0 N–H and O–H groups in total. The van der Waals surface area contributed by atoms with Gasteiger partial charge in [-0.1, -0.05) is 66.5 Å². The van der Waals surface area contributed by atoms with Crippen molar-refractivity contribution in [3.8, 4) is 0 Å². The fourth-order valence-corrected chi connectivity index (χ4v) is 8.96. The van der Waals surface area contributed by atoms with Crippen molar-refractivity contribution in [2.75, 3.05) is 19.1 Å². The minimum absolute atomic E-state index is 0.124. The first-order chi connectivity index (χ1) is 25.2. The maximum absolute atomic E-state index is 13.7. The highest BCUT2D eigenvalue weighted by atomic mass is 16.5. The Kier molecular flexibility index (Phi) is 10.5. The number of methoxy groups -OCH3 is 2. The number of allylic oxidation sites excluding steroid dienone is 7. The van der Waals surface area contributed by atoms with Gasteiger partial charge < -0.3 is 19.5 Å². The Morgan fingerprint density at radius 2 is 1.31 bits per heavy atom. The fraction of sp³-hybridized carbons (Fsp3) is 0.391. The highest BCUT2D eigenvalue weighted by molar-refractivity contribution is 6.39. The number of ketones is 1. The van der Waals surface area contributed by atoms with Crippen LogP contribution in [0, 0.1) is 27.7 Å². The van der Waals surface area contributed by atoms with Gasteiger partial charge in [-0.05, 0) is 106 Å². The van der Waals surface area contributed by atoms with Crippen LogP contribution in [0.3, 0.4) is 0 Å². The summed E-state index contributed by atoms with van der Waals surface area (Å²) in [6.07, 6.45) is 17.0. The number of carbonyl (C=O) groups excluding carboxylic acids is 1. The number of hydrogen-bond donors (Lipinski definition) is 0. The lowest BCUT2D eigenvalue weighted by Gasteiger charge is -2.41. The molecule has 0 heterocycles. The van der Waals surface area contributed by atoms with Gasteiger partial charge in [-0.2, -0.15) is 4.58 Å². The SMILES string of the molecule is COC1CCCCC1N(c1ccc(C2=C([O-])C(=C3C=CC(=[N+](c4ccc(C)cc4C)C4CCCCC4OC)C=C3)C2=O)cc1)c1ccc(C)cc1C. The number of hydrogen-bond acceptors (Lipinski definition) is 5. The van der Waals surface area contributed by atoms with E-state index in [9.17, 15) is 9.90 Å². The summed E-state index contributed by atoms with van der Waals surface area (Å²) in [6.45, 7) is 8.56. The molecule has 0 bridgehead atoms. The third-order valence-electron chi connectivity index (χ3n) is 11.6. The van der Waals surface area contributed by atoms with E-state index in [1.165, 1.54) is 22.3 Å². The lowest BCUT2D eigenvalue weighted by atomic mass is 9.80. The van der Waals surface area contributed by atoms with Gasteiger partial charge in [0.05, 0.1) is 12.1 Å². The number of nitrogens with zero attached hydrogens (tertiary/aromatic N) is 2. The summed E-state index contributed by atoms with van der Waals surface area (Å²) in [6, 6.07) is 21.5. The van der Waals surface area contributed by atoms with Crippen LogP contribution >= 0.6 is 0 Å². The van der Waals surface area contributed by atoms with E-state index < -0.39 is 0 Å². The number of aryl methyl sites for hydroxylation is 4. The molecule has 0 aliphatic heterocycles. The highest BCUT2D eigenvalue weighted by Gasteiger charge is 2.38. The monoisotopic (exact) mass is 696 g/mol. The van der Waals surface area contributed by atoms with Gasteiger partial charge >= 0.3 is 0 Å². The third-order valence-corrected chi connectivity index (χ3v) is 11.6. The van der Waals surface area contributed by atoms with E-state index >= 15 is 0 Å². The molecule has 6 nitrogen and oxygen atoms in total. The molecular weight excluding hydrogens is 645 g/mol. The van der Waals surface area contributed by atoms with E-state index in [2.05, 4.69) is 97.9 Å². The van der Waals surface area contributed by atoms with E-state index in [0.717, 1.165) is 74.1 Å². The van der Waals surface area contributed by atoms with Gasteiger partial charge in [0.25, 0.3) is 0 Å². The summed E-state index contributed by atoms with van der Waals surface area (Å²) >= 11 is 0. The largest absolute Gasteiger partial charge is 0.871 e. The van der Waals surface area contributed by atoms with Crippen molar-refractivity contribution in [1.82, 2.24) is 0 Å². The molecular formula is C46H52N2O4. The van der Waals surface area contributed by atoms with Crippen LogP contribution in [0.25, 0.3) is 5.57 Å². The molecule has 270 valence electrons. The molecule has 0 spiro atoms. The number of benzene rings is 3. The van der Waals surface area contributed by atoms with Crippen molar-refractivity contribution in [1.29, 1.82) is 0 Å². The van der Waals surface area contributed by atoms with Gasteiger partial charge in [-0.15, -0.1) is 0 Å². The summed E-state index contributed by atoms with van der Waals surface area (Å²) in [5.41, 5.74) is 11.1. The minimum atomic E-state index is -0.193. The Hall–Kier alpha value is -4.52. The summed E-state index contributed by atoms with van der Waals surface area (Å²) in [7, 11) is 3.62. The topological polar surface area (TPSA) is 64.8 Å². The molecule has 0 radical (unpaired) electrons. The second-order valence-electron chi connectivity index (χ2n) is 15.1. The predicted molar refractivity (Wildman–Crippen MR) is 209 cm³/mol. The molecule has 52 heavy (non-hydrogen) atoms. The van der Waals surface area contributed by atoms with Crippen molar-refractivity contribution in [3.63, 3.8) is 0 Å². The van der Waals surface area contributed by atoms with E-state index in [-0.39, 0.29) is 47.0 Å². The fourth-order valence-electron chi connectivity index (χ4n) is 8.96. The minimum Gasteiger partial charge on any atom is -0.871 e. The normalized spacial score (nSPS) is 23.3. The number of ether oxygens (including phenoxy) is 2. The molecule has 2 saturated carbocycles. The average molecular weight is 697 g/mol. The van der Waals surface area contributed by atoms with Crippen LogP contribution in [-0.2, 0) is 14.3 Å². The number of anilines is 2. The summed E-state index contributed by atoms with van der Waals surface area (Å²) < 4.78 is 14.4. The van der Waals surface area contributed by atoms with Crippen molar-refractivity contribution < 1.29 is 24.0 Å². The molecule has 4 aliphatic carbocycles. The quantitative estimate of drug-likeness (QED) is 0.174. The van der Waals surface area contributed by atoms with Gasteiger partial charge in [-0.3, -0.25) is 4.79 Å². The van der Waals surface area contributed by atoms with Gasteiger partial charge in [0.15, 0.2) is 11.8 Å². The number of Topliss-reactive ketones (excluding diaryl/α,β-unsaturated/α-hetero) is 1. The van der Waals surface area contributed by atoms with Crippen LogP contribution in [0.4, 0.5) is 17.1 Å². The van der Waals surface area contributed by atoms with Crippen molar-refractivity contribution in [2.24, 2.45) is 0 Å². The third kappa shape index (κ3) is 6.75. The Morgan fingerprint density at radius 3 is 1.94 bits per heavy atom. The molecule has 4 atom stereocenters. The zero-order valence-corrected chi connectivity index (χ0v) is 31.6. The molecule has 4 aliphatic rings. The van der Waals surface area contributed by atoms with Crippen LogP contribution < -0.4 is 10.0 Å². The van der Waals surface area contributed by atoms with Crippen molar-refractivity contribution in [2.45, 2.75) is 103 Å². The zero-order valence-electron chi connectivity index (χ0n) is 31.6. The van der Waals surface area contributed by atoms with Crippen molar-refractivity contribution >= 4 is 34.1 Å². The molecule has 7 rings (SSSR count). The Bertz CT molecular complexity index is 2000. The molecule has 6 heteroatoms. The first kappa shape index (κ1) is 35.9.